The molecular weight excluding hydrogens is 152 g/mol. The molecule has 2 rings (SSSR count). The molecule has 3 unspecified atom stereocenters. The van der Waals surface area contributed by atoms with E-state index in [1.54, 1.807) is 0 Å². The quantitative estimate of drug-likeness (QED) is 0.569. The van der Waals surface area contributed by atoms with Crippen molar-refractivity contribution in [3.8, 4) is 0 Å². The minimum absolute atomic E-state index is 0.607. The van der Waals surface area contributed by atoms with E-state index in [1.165, 1.54) is 25.7 Å². The highest BCUT2D eigenvalue weighted by atomic mass is 16.6. The van der Waals surface area contributed by atoms with Gasteiger partial charge < -0.3 is 9.47 Å². The summed E-state index contributed by atoms with van der Waals surface area (Å²) in [6.07, 6.45) is 6.42. The van der Waals surface area contributed by atoms with Crippen LogP contribution in [0.15, 0.2) is 0 Å². The first-order valence-electron chi connectivity index (χ1n) is 5.13. The summed E-state index contributed by atoms with van der Waals surface area (Å²) < 4.78 is 10.5. The molecule has 0 saturated carbocycles. The van der Waals surface area contributed by atoms with E-state index < -0.39 is 0 Å². The lowest BCUT2D eigenvalue weighted by molar-refractivity contribution is 0.297. The van der Waals surface area contributed by atoms with E-state index in [-0.39, 0.29) is 0 Å². The van der Waals surface area contributed by atoms with Crippen molar-refractivity contribution in [2.75, 3.05) is 13.2 Å². The van der Waals surface area contributed by atoms with E-state index in [1.807, 2.05) is 0 Å². The van der Waals surface area contributed by atoms with Crippen LogP contribution < -0.4 is 0 Å². The van der Waals surface area contributed by atoms with E-state index in [0.717, 1.165) is 19.1 Å². The Labute approximate surface area is 74.2 Å². The SMILES string of the molecule is CCC(CCCC1CO1)C1CO1. The van der Waals surface area contributed by atoms with Gasteiger partial charge in [0, 0.05) is 0 Å². The predicted octanol–water partition coefficient (Wildman–Crippen LogP) is 1.98. The summed E-state index contributed by atoms with van der Waals surface area (Å²) in [5.74, 6) is 0.823. The Morgan fingerprint density at radius 2 is 2.08 bits per heavy atom. The molecule has 2 aliphatic rings. The third kappa shape index (κ3) is 2.46. The molecule has 0 amide bonds. The summed E-state index contributed by atoms with van der Waals surface area (Å²) in [6.45, 7) is 4.29. The average Bonchev–Trinajstić information content (AvgIpc) is 2.87. The van der Waals surface area contributed by atoms with Gasteiger partial charge in [-0.15, -0.1) is 0 Å². The van der Waals surface area contributed by atoms with Crippen molar-refractivity contribution >= 4 is 0 Å². The predicted molar refractivity (Wildman–Crippen MR) is 47.1 cm³/mol. The van der Waals surface area contributed by atoms with Crippen LogP contribution in [-0.2, 0) is 9.47 Å². The number of hydrogen-bond acceptors (Lipinski definition) is 2. The second kappa shape index (κ2) is 3.75. The summed E-state index contributed by atoms with van der Waals surface area (Å²) in [5, 5.41) is 0. The Hall–Kier alpha value is -0.0800. The second-order valence-electron chi connectivity index (χ2n) is 3.93. The van der Waals surface area contributed by atoms with Crippen molar-refractivity contribution in [3.63, 3.8) is 0 Å². The van der Waals surface area contributed by atoms with Crippen molar-refractivity contribution in [3.05, 3.63) is 0 Å². The van der Waals surface area contributed by atoms with Crippen LogP contribution in [0, 0.1) is 5.92 Å². The fourth-order valence-electron chi connectivity index (χ4n) is 1.82. The van der Waals surface area contributed by atoms with Gasteiger partial charge in [0.15, 0.2) is 0 Å². The van der Waals surface area contributed by atoms with Gasteiger partial charge in [-0.3, -0.25) is 0 Å². The number of rotatable bonds is 6. The van der Waals surface area contributed by atoms with E-state index in [0.29, 0.717) is 12.2 Å². The van der Waals surface area contributed by atoms with Crippen LogP contribution in [0.1, 0.15) is 32.6 Å². The monoisotopic (exact) mass is 170 g/mol. The molecule has 0 aromatic heterocycles. The maximum Gasteiger partial charge on any atom is 0.0837 e. The molecule has 0 spiro atoms. The van der Waals surface area contributed by atoms with Gasteiger partial charge in [-0.25, -0.2) is 0 Å². The molecular formula is C10H18O2. The third-order valence-electron chi connectivity index (χ3n) is 2.91. The average molecular weight is 170 g/mol. The minimum Gasteiger partial charge on any atom is -0.373 e. The van der Waals surface area contributed by atoms with Gasteiger partial charge in [0.25, 0.3) is 0 Å². The molecule has 2 heterocycles. The molecule has 3 atom stereocenters. The van der Waals surface area contributed by atoms with Crippen LogP contribution in [0.2, 0.25) is 0 Å². The smallest absolute Gasteiger partial charge is 0.0837 e. The van der Waals surface area contributed by atoms with Crippen molar-refractivity contribution < 1.29 is 9.47 Å². The van der Waals surface area contributed by atoms with Gasteiger partial charge in [0.2, 0.25) is 0 Å². The van der Waals surface area contributed by atoms with E-state index in [4.69, 9.17) is 9.47 Å². The zero-order valence-electron chi connectivity index (χ0n) is 7.79. The van der Waals surface area contributed by atoms with E-state index in [9.17, 15) is 0 Å². The Morgan fingerprint density at radius 3 is 2.58 bits per heavy atom. The molecule has 0 radical (unpaired) electrons. The first-order chi connectivity index (χ1) is 5.90. The molecule has 0 N–H and O–H groups in total. The normalized spacial score (nSPS) is 34.8. The molecule has 2 heteroatoms. The lowest BCUT2D eigenvalue weighted by Crippen LogP contribution is -2.07. The maximum absolute atomic E-state index is 5.30. The van der Waals surface area contributed by atoms with Crippen LogP contribution >= 0.6 is 0 Å². The van der Waals surface area contributed by atoms with Crippen molar-refractivity contribution in [2.24, 2.45) is 5.92 Å². The van der Waals surface area contributed by atoms with Crippen molar-refractivity contribution in [1.29, 1.82) is 0 Å². The Bertz CT molecular complexity index is 139. The highest BCUT2D eigenvalue weighted by Gasteiger charge is 2.31. The van der Waals surface area contributed by atoms with Gasteiger partial charge in [0.05, 0.1) is 25.4 Å². The molecule has 0 aromatic rings. The largest absolute Gasteiger partial charge is 0.373 e. The van der Waals surface area contributed by atoms with Gasteiger partial charge in [-0.05, 0) is 18.8 Å². The summed E-state index contributed by atoms with van der Waals surface area (Å²) in [4.78, 5) is 0. The van der Waals surface area contributed by atoms with Crippen molar-refractivity contribution in [2.45, 2.75) is 44.8 Å². The Morgan fingerprint density at radius 1 is 1.33 bits per heavy atom. The molecule has 70 valence electrons. The summed E-state index contributed by atoms with van der Waals surface area (Å²) in [6, 6.07) is 0. The first-order valence-corrected chi connectivity index (χ1v) is 5.13. The van der Waals surface area contributed by atoms with Crippen LogP contribution in [0.3, 0.4) is 0 Å². The Kier molecular flexibility index (Phi) is 2.66. The summed E-state index contributed by atoms with van der Waals surface area (Å²) in [5.41, 5.74) is 0. The van der Waals surface area contributed by atoms with Crippen LogP contribution in [0.25, 0.3) is 0 Å². The van der Waals surface area contributed by atoms with Crippen LogP contribution in [0.5, 0.6) is 0 Å². The molecule has 2 nitrogen and oxygen atoms in total. The lowest BCUT2D eigenvalue weighted by atomic mass is 9.96. The van der Waals surface area contributed by atoms with E-state index >= 15 is 0 Å². The number of ether oxygens (including phenoxy) is 2. The van der Waals surface area contributed by atoms with Gasteiger partial charge in [-0.2, -0.15) is 0 Å². The van der Waals surface area contributed by atoms with E-state index in [2.05, 4.69) is 6.92 Å². The van der Waals surface area contributed by atoms with Gasteiger partial charge >= 0.3 is 0 Å². The maximum atomic E-state index is 5.30. The molecule has 0 aromatic carbocycles. The number of hydrogen-bond donors (Lipinski definition) is 0. The zero-order valence-corrected chi connectivity index (χ0v) is 7.79. The fourth-order valence-corrected chi connectivity index (χ4v) is 1.82. The summed E-state index contributed by atoms with van der Waals surface area (Å²) >= 11 is 0. The molecule has 2 aliphatic heterocycles. The standard InChI is InChI=1S/C10H18O2/c1-2-8(10-7-12-10)4-3-5-9-6-11-9/h8-10H,2-7H2,1H3. The molecule has 2 saturated heterocycles. The molecule has 2 fully saturated rings. The molecule has 0 aliphatic carbocycles. The highest BCUT2D eigenvalue weighted by molar-refractivity contribution is 4.79. The molecule has 12 heavy (non-hydrogen) atoms. The van der Waals surface area contributed by atoms with Crippen LogP contribution in [-0.4, -0.2) is 25.4 Å². The zero-order chi connectivity index (χ0) is 8.39. The van der Waals surface area contributed by atoms with Gasteiger partial charge in [-0.1, -0.05) is 19.8 Å². The Balaban J connectivity index is 1.55. The fraction of sp³-hybridized carbons (Fsp3) is 1.00. The number of epoxide rings is 2. The van der Waals surface area contributed by atoms with Crippen LogP contribution in [0.4, 0.5) is 0 Å². The highest BCUT2D eigenvalue weighted by Crippen LogP contribution is 2.28. The van der Waals surface area contributed by atoms with Gasteiger partial charge in [0.1, 0.15) is 0 Å². The molecule has 0 bridgehead atoms. The third-order valence-corrected chi connectivity index (χ3v) is 2.91. The lowest BCUT2D eigenvalue weighted by Gasteiger charge is -2.10. The minimum atomic E-state index is 0.607. The summed E-state index contributed by atoms with van der Waals surface area (Å²) in [7, 11) is 0. The first kappa shape index (κ1) is 8.52. The second-order valence-corrected chi connectivity index (χ2v) is 3.93. The topological polar surface area (TPSA) is 25.1 Å². The van der Waals surface area contributed by atoms with Crippen molar-refractivity contribution in [1.82, 2.24) is 0 Å².